The Morgan fingerprint density at radius 1 is 1.10 bits per heavy atom. The summed E-state index contributed by atoms with van der Waals surface area (Å²) in [5.41, 5.74) is 1.49. The molecular weight excluding hydrogens is 256 g/mol. The van der Waals surface area contributed by atoms with Gasteiger partial charge in [0.1, 0.15) is 5.75 Å². The molecule has 1 aromatic rings. The molecule has 0 heterocycles. The van der Waals surface area contributed by atoms with Gasteiger partial charge in [-0.05, 0) is 67.6 Å². The summed E-state index contributed by atoms with van der Waals surface area (Å²) < 4.78 is 6.11. The second kappa shape index (κ2) is 8.46. The Balaban J connectivity index is 1.93. The summed E-state index contributed by atoms with van der Waals surface area (Å²) in [7, 11) is 0. The van der Waals surface area contributed by atoms with Crippen LogP contribution in [-0.2, 0) is 0 Å². The topological polar surface area (TPSA) is 9.23 Å². The van der Waals surface area contributed by atoms with Gasteiger partial charge in [0.15, 0.2) is 0 Å². The maximum absolute atomic E-state index is 6.11. The first kappa shape index (κ1) is 16.4. The van der Waals surface area contributed by atoms with Gasteiger partial charge in [-0.25, -0.2) is 0 Å². The average Bonchev–Trinajstić information content (AvgIpc) is 3.31. The molecule has 1 saturated carbocycles. The molecule has 0 saturated heterocycles. The third-order valence-electron chi connectivity index (χ3n) is 4.80. The molecule has 118 valence electrons. The van der Waals surface area contributed by atoms with Gasteiger partial charge in [0.25, 0.3) is 0 Å². The molecule has 21 heavy (non-hydrogen) atoms. The predicted molar refractivity (Wildman–Crippen MR) is 91.0 cm³/mol. The summed E-state index contributed by atoms with van der Waals surface area (Å²) in [6.45, 7) is 7.73. The van der Waals surface area contributed by atoms with Crippen LogP contribution in [0.25, 0.3) is 0 Å². The highest BCUT2D eigenvalue weighted by Crippen LogP contribution is 2.44. The van der Waals surface area contributed by atoms with Gasteiger partial charge in [-0.1, -0.05) is 45.7 Å². The third-order valence-corrected chi connectivity index (χ3v) is 4.80. The lowest BCUT2D eigenvalue weighted by atomic mass is 9.92. The monoisotopic (exact) mass is 288 g/mol. The van der Waals surface area contributed by atoms with Crippen molar-refractivity contribution in [1.82, 2.24) is 0 Å². The van der Waals surface area contributed by atoms with Crippen molar-refractivity contribution < 1.29 is 4.74 Å². The van der Waals surface area contributed by atoms with Gasteiger partial charge < -0.3 is 4.74 Å². The van der Waals surface area contributed by atoms with Crippen LogP contribution in [0.15, 0.2) is 24.3 Å². The summed E-state index contributed by atoms with van der Waals surface area (Å²) in [6.07, 6.45) is 9.17. The number of ether oxygens (including phenoxy) is 1. The Morgan fingerprint density at radius 2 is 1.81 bits per heavy atom. The summed E-state index contributed by atoms with van der Waals surface area (Å²) in [4.78, 5) is 0. The molecule has 1 aliphatic rings. The Kier molecular flexibility index (Phi) is 6.60. The SMILES string of the molecule is CCCC(CCC)COc1cccc(C(CC)C2CC2)c1. The summed E-state index contributed by atoms with van der Waals surface area (Å²) in [6, 6.07) is 8.87. The molecule has 0 radical (unpaired) electrons. The lowest BCUT2D eigenvalue weighted by Gasteiger charge is -2.18. The molecule has 0 spiro atoms. The maximum Gasteiger partial charge on any atom is 0.119 e. The first-order chi connectivity index (χ1) is 10.3. The highest BCUT2D eigenvalue weighted by atomic mass is 16.5. The molecule has 1 fully saturated rings. The predicted octanol–water partition coefficient (Wildman–Crippen LogP) is 6.19. The van der Waals surface area contributed by atoms with Gasteiger partial charge in [-0.3, -0.25) is 0 Å². The Labute approximate surface area is 131 Å². The van der Waals surface area contributed by atoms with Crippen LogP contribution in [-0.4, -0.2) is 6.61 Å². The van der Waals surface area contributed by atoms with Crippen LogP contribution in [0.2, 0.25) is 0 Å². The van der Waals surface area contributed by atoms with Gasteiger partial charge >= 0.3 is 0 Å². The molecule has 1 atom stereocenters. The van der Waals surface area contributed by atoms with E-state index in [1.807, 2.05) is 0 Å². The van der Waals surface area contributed by atoms with Gasteiger partial charge in [0, 0.05) is 0 Å². The van der Waals surface area contributed by atoms with Crippen LogP contribution >= 0.6 is 0 Å². The lowest BCUT2D eigenvalue weighted by Crippen LogP contribution is -2.12. The van der Waals surface area contributed by atoms with E-state index in [1.165, 1.54) is 50.5 Å². The molecule has 1 aromatic carbocycles. The highest BCUT2D eigenvalue weighted by molar-refractivity contribution is 5.31. The van der Waals surface area contributed by atoms with E-state index in [0.29, 0.717) is 5.92 Å². The van der Waals surface area contributed by atoms with Gasteiger partial charge in [-0.15, -0.1) is 0 Å². The fourth-order valence-electron chi connectivity index (χ4n) is 3.52. The Hall–Kier alpha value is -0.980. The van der Waals surface area contributed by atoms with Crippen molar-refractivity contribution in [3.05, 3.63) is 29.8 Å². The van der Waals surface area contributed by atoms with Crippen LogP contribution in [0.4, 0.5) is 0 Å². The fraction of sp³-hybridized carbons (Fsp3) is 0.700. The smallest absolute Gasteiger partial charge is 0.119 e. The van der Waals surface area contributed by atoms with Crippen LogP contribution < -0.4 is 4.74 Å². The second-order valence-electron chi connectivity index (χ2n) is 6.68. The van der Waals surface area contributed by atoms with E-state index >= 15 is 0 Å². The van der Waals surface area contributed by atoms with Crippen molar-refractivity contribution in [2.75, 3.05) is 6.61 Å². The molecule has 0 bridgehead atoms. The van der Waals surface area contributed by atoms with Crippen molar-refractivity contribution in [3.8, 4) is 5.75 Å². The van der Waals surface area contributed by atoms with Gasteiger partial charge in [0.05, 0.1) is 6.61 Å². The van der Waals surface area contributed by atoms with Crippen LogP contribution in [0.1, 0.15) is 77.2 Å². The van der Waals surface area contributed by atoms with Crippen molar-refractivity contribution in [3.63, 3.8) is 0 Å². The second-order valence-corrected chi connectivity index (χ2v) is 6.68. The Morgan fingerprint density at radius 3 is 2.38 bits per heavy atom. The highest BCUT2D eigenvalue weighted by Gasteiger charge is 2.30. The summed E-state index contributed by atoms with van der Waals surface area (Å²) in [5.74, 6) is 3.46. The molecular formula is C20H32O. The largest absolute Gasteiger partial charge is 0.493 e. The van der Waals surface area contributed by atoms with Gasteiger partial charge in [0.2, 0.25) is 0 Å². The van der Waals surface area contributed by atoms with Crippen molar-refractivity contribution in [2.24, 2.45) is 11.8 Å². The third kappa shape index (κ3) is 5.05. The quantitative estimate of drug-likeness (QED) is 0.499. The average molecular weight is 288 g/mol. The Bertz CT molecular complexity index is 402. The summed E-state index contributed by atoms with van der Waals surface area (Å²) in [5, 5.41) is 0. The minimum atomic E-state index is 0.717. The molecule has 2 rings (SSSR count). The molecule has 1 heteroatoms. The van der Waals surface area contributed by atoms with Crippen LogP contribution in [0.3, 0.4) is 0 Å². The van der Waals surface area contributed by atoms with Crippen molar-refractivity contribution in [1.29, 1.82) is 0 Å². The zero-order chi connectivity index (χ0) is 15.1. The molecule has 0 amide bonds. The molecule has 1 unspecified atom stereocenters. The van der Waals surface area contributed by atoms with E-state index in [0.717, 1.165) is 24.2 Å². The number of hydrogen-bond donors (Lipinski definition) is 0. The number of benzene rings is 1. The standard InChI is InChI=1S/C20H32O/c1-4-8-16(9-5-2)15-21-19-11-7-10-18(14-19)20(6-3)17-12-13-17/h7,10-11,14,16-17,20H,4-6,8-9,12-13,15H2,1-3H3. The van der Waals surface area contributed by atoms with E-state index in [4.69, 9.17) is 4.74 Å². The maximum atomic E-state index is 6.11. The van der Waals surface area contributed by atoms with Crippen molar-refractivity contribution in [2.45, 2.75) is 71.6 Å². The fourth-order valence-corrected chi connectivity index (χ4v) is 3.52. The minimum absolute atomic E-state index is 0.717. The minimum Gasteiger partial charge on any atom is -0.493 e. The van der Waals surface area contributed by atoms with Crippen LogP contribution in [0.5, 0.6) is 5.75 Å². The van der Waals surface area contributed by atoms with E-state index < -0.39 is 0 Å². The van der Waals surface area contributed by atoms with Gasteiger partial charge in [-0.2, -0.15) is 0 Å². The van der Waals surface area contributed by atoms with Crippen LogP contribution in [0, 0.1) is 11.8 Å². The van der Waals surface area contributed by atoms with E-state index in [2.05, 4.69) is 45.0 Å². The molecule has 0 aliphatic heterocycles. The van der Waals surface area contributed by atoms with Crippen molar-refractivity contribution >= 4 is 0 Å². The van der Waals surface area contributed by atoms with E-state index in [-0.39, 0.29) is 0 Å². The zero-order valence-corrected chi connectivity index (χ0v) is 14.1. The zero-order valence-electron chi connectivity index (χ0n) is 14.1. The first-order valence-electron chi connectivity index (χ1n) is 9.01. The van der Waals surface area contributed by atoms with E-state index in [1.54, 1.807) is 0 Å². The molecule has 0 aromatic heterocycles. The van der Waals surface area contributed by atoms with E-state index in [9.17, 15) is 0 Å². The molecule has 1 nitrogen and oxygen atoms in total. The number of rotatable bonds is 10. The molecule has 0 N–H and O–H groups in total. The summed E-state index contributed by atoms with van der Waals surface area (Å²) >= 11 is 0. The number of hydrogen-bond acceptors (Lipinski definition) is 1. The normalized spacial score (nSPS) is 16.2. The first-order valence-corrected chi connectivity index (χ1v) is 9.01. The molecule has 1 aliphatic carbocycles. The lowest BCUT2D eigenvalue weighted by molar-refractivity contribution is 0.229.